The Bertz CT molecular complexity index is 2130. The van der Waals surface area contributed by atoms with Gasteiger partial charge in [-0.2, -0.15) is 9.29 Å². The maximum absolute atomic E-state index is 13.0. The Morgan fingerprint density at radius 2 is 1.89 bits per heavy atom. The Hall–Kier alpha value is -4.41. The van der Waals surface area contributed by atoms with Crippen molar-refractivity contribution in [3.63, 3.8) is 0 Å². The molecule has 6 rings (SSSR count). The van der Waals surface area contributed by atoms with Crippen molar-refractivity contribution in [3.05, 3.63) is 46.0 Å². The van der Waals surface area contributed by atoms with Crippen LogP contribution in [0, 0.1) is 0 Å². The number of imidazole rings is 1. The van der Waals surface area contributed by atoms with E-state index < -0.39 is 70.1 Å². The van der Waals surface area contributed by atoms with Gasteiger partial charge in [0.2, 0.25) is 23.7 Å². The summed E-state index contributed by atoms with van der Waals surface area (Å²) in [5.41, 5.74) is 6.01. The molecule has 0 aliphatic carbocycles. The second-order valence-electron chi connectivity index (χ2n) is 12.7. The van der Waals surface area contributed by atoms with Gasteiger partial charge in [-0.1, -0.05) is 12.5 Å². The highest BCUT2D eigenvalue weighted by Crippen LogP contribution is 2.58. The lowest BCUT2D eigenvalue weighted by atomic mass is 10.0. The van der Waals surface area contributed by atoms with E-state index in [1.807, 2.05) is 0 Å². The summed E-state index contributed by atoms with van der Waals surface area (Å²) in [5, 5.41) is 28.1. The molecule has 1 aromatic carbocycles. The number of nitrogens with zero attached hydrogens (tertiary/aromatic N) is 4. The third-order valence-corrected chi connectivity index (χ3v) is 11.7. The van der Waals surface area contributed by atoms with E-state index in [-0.39, 0.29) is 67.7 Å². The number of phosphoric acid groups is 1. The van der Waals surface area contributed by atoms with Crippen molar-refractivity contribution in [3.8, 4) is 0 Å². The number of carbonyl (C=O) groups is 4. The number of anilines is 2. The van der Waals surface area contributed by atoms with Gasteiger partial charge in [-0.05, 0) is 31.4 Å². The van der Waals surface area contributed by atoms with Crippen molar-refractivity contribution in [2.75, 3.05) is 24.2 Å². The van der Waals surface area contributed by atoms with E-state index in [2.05, 4.69) is 35.0 Å². The zero-order valence-electron chi connectivity index (χ0n) is 28.2. The molecule has 3 aliphatic heterocycles. The topological polar surface area (TPSA) is 340 Å². The van der Waals surface area contributed by atoms with E-state index in [0.717, 1.165) is 10.9 Å². The predicted molar refractivity (Wildman–Crippen MR) is 183 cm³/mol. The van der Waals surface area contributed by atoms with Crippen LogP contribution in [0.3, 0.4) is 0 Å². The molecule has 3 unspecified atom stereocenters. The SMILES string of the molecule is Nc1nc2c(ncn2[C@@H]2O[C@H](COP(=O)(O)OP(=O)(O)NCCCCCC(=O)Nc3cccc4c3CN(C3CCC(=O)NC3=O)C4=O)[C@@H](O)[C@H]2O)c(=O)[nH]1. The highest BCUT2D eigenvalue weighted by molar-refractivity contribution is 7.62. The molecule has 23 nitrogen and oxygen atoms in total. The highest BCUT2D eigenvalue weighted by Gasteiger charge is 2.46. The lowest BCUT2D eigenvalue weighted by Crippen LogP contribution is -2.52. The summed E-state index contributed by atoms with van der Waals surface area (Å²) in [6.45, 7) is -0.939. The number of carbonyl (C=O) groups excluding carboxylic acids is 4. The molecule has 10 N–H and O–H groups in total. The van der Waals surface area contributed by atoms with Crippen LogP contribution in [0.25, 0.3) is 11.2 Å². The minimum Gasteiger partial charge on any atom is -0.387 e. The summed E-state index contributed by atoms with van der Waals surface area (Å²) in [5.74, 6) is -1.93. The zero-order chi connectivity index (χ0) is 38.9. The lowest BCUT2D eigenvalue weighted by Gasteiger charge is -2.29. The summed E-state index contributed by atoms with van der Waals surface area (Å²) in [4.78, 5) is 93.3. The molecular weight excluding hydrogens is 760 g/mol. The Kier molecular flexibility index (Phi) is 11.5. The number of hydrogen-bond donors (Lipinski definition) is 9. The van der Waals surface area contributed by atoms with Crippen LogP contribution in [0.4, 0.5) is 11.6 Å². The first-order valence-electron chi connectivity index (χ1n) is 16.6. The highest BCUT2D eigenvalue weighted by atomic mass is 31.3. The van der Waals surface area contributed by atoms with Gasteiger partial charge in [0.15, 0.2) is 17.4 Å². The van der Waals surface area contributed by atoms with Crippen molar-refractivity contribution in [2.24, 2.45) is 0 Å². The molecule has 0 radical (unpaired) electrons. The van der Waals surface area contributed by atoms with Gasteiger partial charge < -0.3 is 40.7 Å². The normalized spacial score (nSPS) is 25.0. The van der Waals surface area contributed by atoms with E-state index in [0.29, 0.717) is 29.7 Å². The molecular formula is C29H37N9O14P2. The second-order valence-corrected chi connectivity index (χ2v) is 15.9. The number of imide groups is 1. The van der Waals surface area contributed by atoms with Crippen LogP contribution in [0.5, 0.6) is 0 Å². The molecule has 3 aromatic rings. The number of aromatic nitrogens is 4. The smallest absolute Gasteiger partial charge is 0.387 e. The molecule has 7 atom stereocenters. The number of ether oxygens (including phenoxy) is 1. The fourth-order valence-corrected chi connectivity index (χ4v) is 8.62. The van der Waals surface area contributed by atoms with Gasteiger partial charge in [0.05, 0.1) is 12.9 Å². The summed E-state index contributed by atoms with van der Waals surface area (Å²) in [6, 6.07) is 4.03. The van der Waals surface area contributed by atoms with Gasteiger partial charge in [0.25, 0.3) is 11.5 Å². The number of nitrogen functional groups attached to an aromatic ring is 1. The number of piperidine rings is 1. The first-order chi connectivity index (χ1) is 25.5. The molecule has 3 aliphatic rings. The van der Waals surface area contributed by atoms with Crippen LogP contribution < -0.4 is 27.0 Å². The quantitative estimate of drug-likeness (QED) is 0.0511. The molecule has 292 valence electrons. The van der Waals surface area contributed by atoms with Gasteiger partial charge in [-0.3, -0.25) is 43.4 Å². The molecule has 0 bridgehead atoms. The van der Waals surface area contributed by atoms with E-state index in [4.69, 9.17) is 15.0 Å². The van der Waals surface area contributed by atoms with Crippen LogP contribution in [-0.2, 0) is 43.6 Å². The largest absolute Gasteiger partial charge is 0.480 e. The molecule has 0 spiro atoms. The molecule has 0 saturated carbocycles. The number of benzene rings is 1. The number of aliphatic hydroxyl groups is 2. The number of rotatable bonds is 15. The van der Waals surface area contributed by atoms with Crippen molar-refractivity contribution < 1.29 is 61.9 Å². The predicted octanol–water partition coefficient (Wildman–Crippen LogP) is -0.895. The second kappa shape index (κ2) is 15.7. The Balaban J connectivity index is 0.910. The molecule has 2 aromatic heterocycles. The molecule has 2 saturated heterocycles. The van der Waals surface area contributed by atoms with E-state index >= 15 is 0 Å². The number of hydrogen-bond acceptors (Lipinski definition) is 15. The minimum absolute atomic E-state index is 0.0615. The van der Waals surface area contributed by atoms with Crippen LogP contribution in [0.2, 0.25) is 0 Å². The Labute approximate surface area is 304 Å². The number of aromatic amines is 1. The van der Waals surface area contributed by atoms with Gasteiger partial charge >= 0.3 is 15.6 Å². The standard InChI is InChI=1S/C29H37N9O14P2/c30-29-35-24-21(26(44)36-29)31-13-38(24)28-23(42)22(41)18(51-28)12-50-54(48,49)52-53(46,47)32-10-3-1-2-7-19(39)33-16-6-4-5-14-15(16)11-37(27(14)45)17-8-9-20(40)34-25(17)43/h4-6,13,17-18,22-23,28,41-42H,1-3,7-12H2,(H,33,39)(H,48,49)(H2,32,46,47)(H,34,40,43)(H3,30,35,36,44)/t17?,18-,22-,23-,28-/m1/s1. The number of nitrogens with two attached hydrogens (primary N) is 1. The zero-order valence-corrected chi connectivity index (χ0v) is 30.0. The van der Waals surface area contributed by atoms with Gasteiger partial charge in [-0.25, -0.2) is 19.2 Å². The number of H-pyrrole nitrogens is 1. The van der Waals surface area contributed by atoms with E-state index in [1.165, 1.54) is 4.90 Å². The van der Waals surface area contributed by atoms with Crippen LogP contribution in [-0.4, -0.2) is 106 Å². The van der Waals surface area contributed by atoms with Crippen molar-refractivity contribution >= 4 is 62.0 Å². The molecule has 25 heteroatoms. The number of nitrogens with one attached hydrogen (secondary N) is 4. The minimum atomic E-state index is -5.23. The molecule has 2 fully saturated rings. The Morgan fingerprint density at radius 1 is 1.11 bits per heavy atom. The molecule has 5 heterocycles. The summed E-state index contributed by atoms with van der Waals surface area (Å²) in [7, 11) is -10.1. The average Bonchev–Trinajstić information content (AvgIpc) is 3.75. The lowest BCUT2D eigenvalue weighted by molar-refractivity contribution is -0.137. The van der Waals surface area contributed by atoms with Gasteiger partial charge in [0.1, 0.15) is 24.4 Å². The van der Waals surface area contributed by atoms with Crippen molar-refractivity contribution in [2.45, 2.75) is 75.7 Å². The first-order valence-corrected chi connectivity index (χ1v) is 19.7. The number of aliphatic hydroxyl groups excluding tert-OH is 2. The average molecular weight is 798 g/mol. The fourth-order valence-electron chi connectivity index (χ4n) is 6.31. The van der Waals surface area contributed by atoms with E-state index in [9.17, 15) is 53.1 Å². The summed E-state index contributed by atoms with van der Waals surface area (Å²) in [6.07, 6.45) is -3.64. The van der Waals surface area contributed by atoms with Crippen LogP contribution >= 0.6 is 15.6 Å². The van der Waals surface area contributed by atoms with Gasteiger partial charge in [-0.15, -0.1) is 0 Å². The monoisotopic (exact) mass is 797 g/mol. The summed E-state index contributed by atoms with van der Waals surface area (Å²) < 4.78 is 40.8. The fraction of sp³-hybridized carbons (Fsp3) is 0.483. The first kappa shape index (κ1) is 39.3. The van der Waals surface area contributed by atoms with Gasteiger partial charge in [0, 0.05) is 42.7 Å². The molecule has 54 heavy (non-hydrogen) atoms. The number of fused-ring (bicyclic) bond motifs is 2. The molecule has 4 amide bonds. The number of phosphoric ester groups is 1. The maximum atomic E-state index is 13.0. The third kappa shape index (κ3) is 8.60. The van der Waals surface area contributed by atoms with Crippen molar-refractivity contribution in [1.29, 1.82) is 0 Å². The Morgan fingerprint density at radius 3 is 2.65 bits per heavy atom. The van der Waals surface area contributed by atoms with Crippen molar-refractivity contribution in [1.82, 2.24) is 34.8 Å². The summed E-state index contributed by atoms with van der Waals surface area (Å²) >= 11 is 0. The van der Waals surface area contributed by atoms with Crippen LogP contribution in [0.15, 0.2) is 29.3 Å². The third-order valence-electron chi connectivity index (χ3n) is 8.93. The maximum Gasteiger partial charge on any atom is 0.480 e. The van der Waals surface area contributed by atoms with E-state index in [1.54, 1.807) is 18.2 Å². The number of amides is 4. The van der Waals surface area contributed by atoms with Crippen LogP contribution in [0.1, 0.15) is 60.7 Å². The number of unbranched alkanes of at least 4 members (excludes halogenated alkanes) is 2.